The molecule has 0 radical (unpaired) electrons. The fourth-order valence-corrected chi connectivity index (χ4v) is 11.7. The first-order valence-corrected chi connectivity index (χ1v) is 26.4. The normalized spacial score (nSPS) is 11.5. The van der Waals surface area contributed by atoms with Gasteiger partial charge in [-0.05, 0) is 138 Å². The zero-order valence-electron chi connectivity index (χ0n) is 43.2. The number of fused-ring (bicyclic) bond motifs is 10. The first-order valence-electron chi connectivity index (χ1n) is 26.4. The zero-order chi connectivity index (χ0) is 52.3. The predicted molar refractivity (Wildman–Crippen MR) is 325 cm³/mol. The summed E-state index contributed by atoms with van der Waals surface area (Å²) in [7, 11) is 0. The fraction of sp³-hybridized carbons (Fsp3) is 0.0694. The van der Waals surface area contributed by atoms with Crippen molar-refractivity contribution in [3.63, 3.8) is 0 Å². The standard InChI is InChI=1S/C72H50N4O2/c1-3-5-39-73(40-6-4-2)57-34-29-54-43-62(72(77)78-71(54)46-57)49-27-25-48(26-28-49)47-74-65-37-32-50(52-30-35-60-58-21-13-15-23-67(58)75(69(60)44-52)55-17-9-7-10-18-55)41-63(65)64-42-51(33-38-66(64)74)53-31-36-61-59-22-14-16-24-68(59)76(70(61)45-53)56-19-11-8-12-20-56/h7-38,41-46H,39-40,47H2,1-2H3. The van der Waals surface area contributed by atoms with Crippen molar-refractivity contribution >= 4 is 82.1 Å². The topological polar surface area (TPSA) is 48.2 Å². The van der Waals surface area contributed by atoms with Gasteiger partial charge in [-0.3, -0.25) is 0 Å². The van der Waals surface area contributed by atoms with E-state index in [4.69, 9.17) is 4.42 Å². The van der Waals surface area contributed by atoms with Gasteiger partial charge in [0.15, 0.2) is 0 Å². The van der Waals surface area contributed by atoms with Crippen molar-refractivity contribution in [1.82, 2.24) is 13.7 Å². The van der Waals surface area contributed by atoms with Crippen LogP contribution in [0.4, 0.5) is 5.69 Å². The summed E-state index contributed by atoms with van der Waals surface area (Å²) in [6, 6.07) is 82.6. The van der Waals surface area contributed by atoms with E-state index in [9.17, 15) is 4.79 Å². The molecule has 0 fully saturated rings. The lowest BCUT2D eigenvalue weighted by atomic mass is 9.99. The third kappa shape index (κ3) is 7.90. The lowest BCUT2D eigenvalue weighted by molar-refractivity contribution is 0.563. The van der Waals surface area contributed by atoms with Gasteiger partial charge in [-0.25, -0.2) is 4.79 Å². The molecule has 4 aromatic heterocycles. The highest BCUT2D eigenvalue weighted by molar-refractivity contribution is 6.14. The van der Waals surface area contributed by atoms with Gasteiger partial charge in [0.1, 0.15) is 5.58 Å². The molecule has 370 valence electrons. The molecule has 0 aliphatic heterocycles. The summed E-state index contributed by atoms with van der Waals surface area (Å²) in [4.78, 5) is 15.8. The lowest BCUT2D eigenvalue weighted by Crippen LogP contribution is -2.23. The average Bonchev–Trinajstić information content (AvgIpc) is 4.29. The van der Waals surface area contributed by atoms with Gasteiger partial charge < -0.3 is 23.0 Å². The molecule has 0 bridgehead atoms. The molecular weight excluding hydrogens is 953 g/mol. The summed E-state index contributed by atoms with van der Waals surface area (Å²) in [5.74, 6) is 12.2. The van der Waals surface area contributed by atoms with E-state index in [0.717, 1.165) is 66.9 Å². The van der Waals surface area contributed by atoms with Gasteiger partial charge in [0.25, 0.3) is 0 Å². The molecule has 0 unspecified atom stereocenters. The summed E-state index contributed by atoms with van der Waals surface area (Å²) in [5.41, 5.74) is 17.4. The Balaban J connectivity index is 0.877. The fourth-order valence-electron chi connectivity index (χ4n) is 11.7. The number of benzene rings is 10. The third-order valence-electron chi connectivity index (χ3n) is 15.5. The van der Waals surface area contributed by atoms with E-state index in [0.29, 0.717) is 30.8 Å². The molecule has 78 heavy (non-hydrogen) atoms. The molecule has 4 heterocycles. The summed E-state index contributed by atoms with van der Waals surface area (Å²) in [5, 5.41) is 8.13. The number of anilines is 1. The second kappa shape index (κ2) is 19.1. The van der Waals surface area contributed by atoms with Crippen molar-refractivity contribution in [2.75, 3.05) is 18.0 Å². The minimum Gasteiger partial charge on any atom is -0.422 e. The van der Waals surface area contributed by atoms with Gasteiger partial charge in [0.2, 0.25) is 0 Å². The highest BCUT2D eigenvalue weighted by Gasteiger charge is 2.19. The summed E-state index contributed by atoms with van der Waals surface area (Å²) in [6.07, 6.45) is 0. The van der Waals surface area contributed by atoms with Gasteiger partial charge in [-0.1, -0.05) is 145 Å². The van der Waals surface area contributed by atoms with Crippen molar-refractivity contribution in [2.45, 2.75) is 20.4 Å². The Bertz CT molecular complexity index is 4640. The Morgan fingerprint density at radius 1 is 0.410 bits per heavy atom. The molecule has 0 aliphatic carbocycles. The Morgan fingerprint density at radius 3 is 1.42 bits per heavy atom. The summed E-state index contributed by atoms with van der Waals surface area (Å²) < 4.78 is 13.2. The molecule has 0 saturated heterocycles. The molecule has 0 atom stereocenters. The van der Waals surface area contributed by atoms with E-state index in [1.807, 2.05) is 50.2 Å². The third-order valence-corrected chi connectivity index (χ3v) is 15.5. The van der Waals surface area contributed by atoms with E-state index in [-0.39, 0.29) is 5.63 Å². The van der Waals surface area contributed by atoms with Crippen molar-refractivity contribution in [3.8, 4) is 68.4 Å². The quantitative estimate of drug-likeness (QED) is 0.101. The number of hydrogen-bond acceptors (Lipinski definition) is 3. The van der Waals surface area contributed by atoms with Crippen LogP contribution in [0.3, 0.4) is 0 Å². The highest BCUT2D eigenvalue weighted by atomic mass is 16.4. The van der Waals surface area contributed by atoms with E-state index in [1.54, 1.807) is 0 Å². The maximum Gasteiger partial charge on any atom is 0.344 e. The first kappa shape index (κ1) is 46.3. The molecule has 6 heteroatoms. The second-order valence-corrected chi connectivity index (χ2v) is 20.0. The number of hydrogen-bond donors (Lipinski definition) is 0. The molecular formula is C72H50N4O2. The number of rotatable bonds is 10. The van der Waals surface area contributed by atoms with Gasteiger partial charge in [-0.15, -0.1) is 11.8 Å². The van der Waals surface area contributed by atoms with Gasteiger partial charge in [0.05, 0.1) is 40.7 Å². The van der Waals surface area contributed by atoms with Crippen LogP contribution in [0.25, 0.3) is 121 Å². The van der Waals surface area contributed by atoms with Crippen LogP contribution < -0.4 is 10.5 Å². The maximum atomic E-state index is 13.7. The molecule has 10 aromatic carbocycles. The minimum absolute atomic E-state index is 0.379. The SMILES string of the molecule is CC#CCN(CC#CC)c1ccc2cc(-c3ccc(Cn4c5ccc(-c6ccc7c8ccccc8n(-c8ccccc8)c7c6)cc5c5cc(-c6ccc7c8ccccc8n(-c8ccccc8)c7c6)ccc54)cc3)c(=O)oc2c1. The van der Waals surface area contributed by atoms with Gasteiger partial charge in [0, 0.05) is 78.4 Å². The predicted octanol–water partition coefficient (Wildman–Crippen LogP) is 17.0. The zero-order valence-corrected chi connectivity index (χ0v) is 43.2. The minimum atomic E-state index is -0.379. The van der Waals surface area contributed by atoms with Crippen LogP contribution in [-0.2, 0) is 6.54 Å². The van der Waals surface area contributed by atoms with Crippen molar-refractivity contribution in [1.29, 1.82) is 0 Å². The van der Waals surface area contributed by atoms with Crippen LogP contribution in [0.1, 0.15) is 19.4 Å². The van der Waals surface area contributed by atoms with E-state index >= 15 is 0 Å². The second-order valence-electron chi connectivity index (χ2n) is 20.0. The highest BCUT2D eigenvalue weighted by Crippen LogP contribution is 2.41. The number of para-hydroxylation sites is 4. The van der Waals surface area contributed by atoms with Crippen LogP contribution >= 0.6 is 0 Å². The maximum absolute atomic E-state index is 13.7. The van der Waals surface area contributed by atoms with Crippen LogP contribution in [0.5, 0.6) is 0 Å². The first-order chi connectivity index (χ1) is 38.5. The monoisotopic (exact) mass is 1000 g/mol. The molecule has 0 N–H and O–H groups in total. The van der Waals surface area contributed by atoms with Crippen LogP contribution in [0, 0.1) is 23.7 Å². The molecule has 0 saturated carbocycles. The van der Waals surface area contributed by atoms with Crippen molar-refractivity contribution in [2.24, 2.45) is 0 Å². The lowest BCUT2D eigenvalue weighted by Gasteiger charge is -2.20. The molecule has 0 spiro atoms. The van der Waals surface area contributed by atoms with Crippen LogP contribution in [0.2, 0.25) is 0 Å². The van der Waals surface area contributed by atoms with Crippen molar-refractivity contribution < 1.29 is 4.42 Å². The Kier molecular flexibility index (Phi) is 11.4. The molecule has 14 rings (SSSR count). The number of nitrogens with zero attached hydrogens (tertiary/aromatic N) is 4. The van der Waals surface area contributed by atoms with Gasteiger partial charge in [-0.2, -0.15) is 0 Å². The smallest absolute Gasteiger partial charge is 0.344 e. The Labute approximate surface area is 451 Å². The molecule has 0 amide bonds. The largest absolute Gasteiger partial charge is 0.422 e. The molecule has 0 aliphatic rings. The molecule has 6 nitrogen and oxygen atoms in total. The van der Waals surface area contributed by atoms with Crippen LogP contribution in [0.15, 0.2) is 240 Å². The Hall–Kier alpha value is -10.3. The summed E-state index contributed by atoms with van der Waals surface area (Å²) in [6.45, 7) is 5.34. The number of aromatic nitrogens is 3. The average molecular weight is 1000 g/mol. The Morgan fingerprint density at radius 2 is 0.885 bits per heavy atom. The van der Waals surface area contributed by atoms with E-state index < -0.39 is 0 Å². The van der Waals surface area contributed by atoms with Crippen LogP contribution in [-0.4, -0.2) is 26.8 Å². The van der Waals surface area contributed by atoms with E-state index in [1.165, 1.54) is 54.4 Å². The summed E-state index contributed by atoms with van der Waals surface area (Å²) >= 11 is 0. The van der Waals surface area contributed by atoms with Crippen molar-refractivity contribution in [3.05, 3.63) is 247 Å². The van der Waals surface area contributed by atoms with E-state index in [2.05, 4.69) is 236 Å². The van der Waals surface area contributed by atoms with Gasteiger partial charge >= 0.3 is 5.63 Å². The molecule has 14 aromatic rings.